The number of anilines is 2. The molecular formula is C30H38ClF3N8O4S. The van der Waals surface area contributed by atoms with Crippen LogP contribution in [0.15, 0.2) is 45.3 Å². The molecule has 0 amide bonds. The van der Waals surface area contributed by atoms with Crippen LogP contribution in [-0.2, 0) is 21.5 Å². The van der Waals surface area contributed by atoms with Crippen LogP contribution in [0.2, 0.25) is 5.02 Å². The summed E-state index contributed by atoms with van der Waals surface area (Å²) < 4.78 is 78.7. The number of likely N-dealkylation sites (tertiary alicyclic amines) is 1. The van der Waals surface area contributed by atoms with Crippen molar-refractivity contribution < 1.29 is 31.1 Å². The van der Waals surface area contributed by atoms with Gasteiger partial charge in [-0.25, -0.2) is 4.98 Å². The molecule has 6 rings (SSSR count). The molecule has 5 heterocycles. The van der Waals surface area contributed by atoms with Crippen LogP contribution in [0.3, 0.4) is 0 Å². The number of nitrogens with one attached hydrogen (secondary N) is 1. The van der Waals surface area contributed by atoms with Crippen molar-refractivity contribution in [2.45, 2.75) is 51.2 Å². The molecule has 17 heteroatoms. The number of alkyl halides is 3. The number of pyridine rings is 1. The van der Waals surface area contributed by atoms with Crippen molar-refractivity contribution in [1.82, 2.24) is 19.7 Å². The highest BCUT2D eigenvalue weighted by Crippen LogP contribution is 2.31. The van der Waals surface area contributed by atoms with E-state index in [0.717, 1.165) is 57.5 Å². The Kier molecular flexibility index (Phi) is 10.1. The first-order chi connectivity index (χ1) is 22.5. The number of rotatable bonds is 7. The lowest BCUT2D eigenvalue weighted by atomic mass is 9.98. The number of amidine groups is 2. The van der Waals surface area contributed by atoms with Crippen molar-refractivity contribution in [3.05, 3.63) is 47.1 Å². The summed E-state index contributed by atoms with van der Waals surface area (Å²) in [7, 11) is -3.97. The largest absolute Gasteiger partial charge is 0.573 e. The maximum atomic E-state index is 12.5. The van der Waals surface area contributed by atoms with Crippen LogP contribution in [-0.4, -0.2) is 117 Å². The number of aromatic nitrogens is 1. The Hall–Kier alpha value is -3.18. The molecule has 1 aromatic carbocycles. The molecule has 12 nitrogen and oxygen atoms in total. The van der Waals surface area contributed by atoms with Gasteiger partial charge in [0, 0.05) is 51.4 Å². The van der Waals surface area contributed by atoms with Crippen molar-refractivity contribution in [2.24, 2.45) is 8.80 Å². The summed E-state index contributed by atoms with van der Waals surface area (Å²) in [5.41, 5.74) is 1.47. The highest BCUT2D eigenvalue weighted by atomic mass is 35.5. The van der Waals surface area contributed by atoms with E-state index < -0.39 is 16.6 Å². The van der Waals surface area contributed by atoms with Crippen molar-refractivity contribution in [2.75, 3.05) is 69.2 Å². The molecule has 0 aliphatic carbocycles. The fourth-order valence-corrected chi connectivity index (χ4v) is 7.73. The van der Waals surface area contributed by atoms with Crippen molar-refractivity contribution in [3.8, 4) is 5.75 Å². The monoisotopic (exact) mass is 698 g/mol. The quantitative estimate of drug-likeness (QED) is 0.455. The fourth-order valence-electron chi connectivity index (χ4n) is 6.63. The van der Waals surface area contributed by atoms with Gasteiger partial charge in [0.2, 0.25) is 0 Å². The van der Waals surface area contributed by atoms with Crippen LogP contribution in [0.4, 0.5) is 24.7 Å². The SMILES string of the molecule is CC[C@H]1CN(c2ncc(NC3=NS(=O)(=O)N=C3N3CCOCC3)cc2Cl)CCN1C1CCN(Cc2ccc(OC(F)(F)F)cc2)CC1. The van der Waals surface area contributed by atoms with Gasteiger partial charge in [0.15, 0.2) is 11.7 Å². The van der Waals surface area contributed by atoms with E-state index in [9.17, 15) is 21.6 Å². The van der Waals surface area contributed by atoms with Gasteiger partial charge in [-0.3, -0.25) is 9.80 Å². The summed E-state index contributed by atoms with van der Waals surface area (Å²) in [6.07, 6.45) is -0.0646. The minimum absolute atomic E-state index is 0.136. The first-order valence-electron chi connectivity index (χ1n) is 15.7. The third kappa shape index (κ3) is 8.46. The molecule has 1 N–H and O–H groups in total. The van der Waals surface area contributed by atoms with Crippen molar-refractivity contribution in [1.29, 1.82) is 0 Å². The predicted octanol–water partition coefficient (Wildman–Crippen LogP) is 4.00. The van der Waals surface area contributed by atoms with E-state index in [2.05, 4.69) is 45.5 Å². The average Bonchev–Trinajstić information content (AvgIpc) is 3.35. The van der Waals surface area contributed by atoms with E-state index in [-0.39, 0.29) is 17.4 Å². The van der Waals surface area contributed by atoms with Crippen LogP contribution in [0.1, 0.15) is 31.7 Å². The lowest BCUT2D eigenvalue weighted by Crippen LogP contribution is -2.58. The van der Waals surface area contributed by atoms with E-state index in [4.69, 9.17) is 16.3 Å². The molecule has 0 unspecified atom stereocenters. The van der Waals surface area contributed by atoms with Gasteiger partial charge in [0.1, 0.15) is 11.6 Å². The van der Waals surface area contributed by atoms with Gasteiger partial charge in [0.25, 0.3) is 0 Å². The summed E-state index contributed by atoms with van der Waals surface area (Å²) in [5.74, 6) is 0.866. The number of piperidine rings is 1. The second kappa shape index (κ2) is 14.1. The van der Waals surface area contributed by atoms with Gasteiger partial charge in [-0.05, 0) is 56.1 Å². The zero-order valence-electron chi connectivity index (χ0n) is 26.0. The Bertz CT molecular complexity index is 1580. The maximum absolute atomic E-state index is 12.5. The van der Waals surface area contributed by atoms with Gasteiger partial charge < -0.3 is 24.6 Å². The first-order valence-corrected chi connectivity index (χ1v) is 17.5. The third-order valence-corrected chi connectivity index (χ3v) is 10.00. The topological polar surface area (TPSA) is 115 Å². The summed E-state index contributed by atoms with van der Waals surface area (Å²) in [4.78, 5) is 13.6. The average molecular weight is 699 g/mol. The summed E-state index contributed by atoms with van der Waals surface area (Å²) >= 11 is 6.75. The molecule has 1 aromatic heterocycles. The molecule has 4 aliphatic heterocycles. The number of piperazine rings is 1. The number of morpholine rings is 1. The van der Waals surface area contributed by atoms with Crippen molar-refractivity contribution in [3.63, 3.8) is 0 Å². The van der Waals surface area contributed by atoms with Gasteiger partial charge in [-0.1, -0.05) is 30.7 Å². The fraction of sp³-hybridized carbons (Fsp3) is 0.567. The van der Waals surface area contributed by atoms with Crippen LogP contribution < -0.4 is 15.0 Å². The zero-order chi connectivity index (χ0) is 33.2. The Balaban J connectivity index is 1.02. The number of benzene rings is 1. The minimum atomic E-state index is -4.69. The zero-order valence-corrected chi connectivity index (χ0v) is 27.6. The third-order valence-electron chi connectivity index (χ3n) is 8.90. The van der Waals surface area contributed by atoms with E-state index in [1.807, 2.05) is 4.90 Å². The standard InChI is InChI=1S/C30H38ClF3N8O4S/c1-2-23-20-41(11-12-42(23)24-7-9-39(10-8-24)19-21-3-5-25(6-4-21)46-30(32,33)34)28-26(31)17-22(18-35-28)36-27-29(38-47(43,44)37-27)40-13-15-45-16-14-40/h3-6,17-18,23-24H,2,7-16,19-20H2,1H3,(H,36,37)/t23-/m0/s1. The smallest absolute Gasteiger partial charge is 0.406 e. The molecule has 1 atom stereocenters. The van der Waals surface area contributed by atoms with Crippen LogP contribution in [0.5, 0.6) is 5.75 Å². The van der Waals surface area contributed by atoms with Crippen LogP contribution in [0, 0.1) is 0 Å². The lowest BCUT2D eigenvalue weighted by Gasteiger charge is -2.47. The second-order valence-corrected chi connectivity index (χ2v) is 13.7. The Labute approximate surface area is 277 Å². The van der Waals surface area contributed by atoms with E-state index in [1.54, 1.807) is 24.4 Å². The van der Waals surface area contributed by atoms with Gasteiger partial charge in [-0.2, -0.15) is 8.42 Å². The van der Waals surface area contributed by atoms with Crippen LogP contribution >= 0.6 is 11.6 Å². The molecule has 4 aliphatic rings. The second-order valence-electron chi connectivity index (χ2n) is 12.0. The maximum Gasteiger partial charge on any atom is 0.573 e. The first kappa shape index (κ1) is 33.7. The highest BCUT2D eigenvalue weighted by Gasteiger charge is 2.35. The number of halogens is 4. The van der Waals surface area contributed by atoms with E-state index in [0.29, 0.717) is 61.5 Å². The number of ether oxygens (including phenoxy) is 2. The number of hydrogen-bond donors (Lipinski definition) is 1. The summed E-state index contributed by atoms with van der Waals surface area (Å²) in [5, 5.41) is 3.50. The lowest BCUT2D eigenvalue weighted by molar-refractivity contribution is -0.274. The Morgan fingerprint density at radius 3 is 2.40 bits per heavy atom. The summed E-state index contributed by atoms with van der Waals surface area (Å²) in [6.45, 7) is 9.09. The highest BCUT2D eigenvalue weighted by molar-refractivity contribution is 7.89. The number of hydrogen-bond acceptors (Lipinski definition) is 10. The normalized spacial score (nSPS) is 23.0. The predicted molar refractivity (Wildman–Crippen MR) is 173 cm³/mol. The Morgan fingerprint density at radius 2 is 1.74 bits per heavy atom. The minimum Gasteiger partial charge on any atom is -0.406 e. The van der Waals surface area contributed by atoms with E-state index >= 15 is 0 Å². The molecule has 3 saturated heterocycles. The van der Waals surface area contributed by atoms with Gasteiger partial charge in [0.05, 0.1) is 30.1 Å². The molecule has 2 aromatic rings. The van der Waals surface area contributed by atoms with Crippen molar-refractivity contribution >= 4 is 45.0 Å². The molecule has 3 fully saturated rings. The van der Waals surface area contributed by atoms with E-state index in [1.165, 1.54) is 12.1 Å². The molecule has 0 spiro atoms. The molecule has 0 radical (unpaired) electrons. The molecule has 256 valence electrons. The summed E-state index contributed by atoms with van der Waals surface area (Å²) in [6, 6.07) is 8.59. The number of nitrogens with zero attached hydrogens (tertiary/aromatic N) is 7. The molecule has 0 saturated carbocycles. The molecule has 47 heavy (non-hydrogen) atoms. The molecule has 0 bridgehead atoms. The molecular weight excluding hydrogens is 661 g/mol. The van der Waals surface area contributed by atoms with Gasteiger partial charge >= 0.3 is 16.6 Å². The Morgan fingerprint density at radius 1 is 1.02 bits per heavy atom. The van der Waals surface area contributed by atoms with Crippen LogP contribution in [0.25, 0.3) is 0 Å². The van der Waals surface area contributed by atoms with Gasteiger partial charge in [-0.15, -0.1) is 22.0 Å².